The number of carbonyl (C=O) groups excluding carboxylic acids is 2. The molecule has 1 N–H and O–H groups in total. The van der Waals surface area contributed by atoms with E-state index in [0.717, 1.165) is 6.54 Å². The van der Waals surface area contributed by atoms with Crippen molar-refractivity contribution in [2.45, 2.75) is 39.8 Å². The average Bonchev–Trinajstić information content (AvgIpc) is 2.86. The van der Waals surface area contributed by atoms with Crippen LogP contribution >= 0.6 is 0 Å². The normalized spacial score (nSPS) is 11.1. The molecule has 6 nitrogen and oxygen atoms in total. The van der Waals surface area contributed by atoms with Crippen LogP contribution in [0.2, 0.25) is 0 Å². The van der Waals surface area contributed by atoms with E-state index in [9.17, 15) is 9.59 Å². The number of methoxy groups -OCH3 is 1. The summed E-state index contributed by atoms with van der Waals surface area (Å²) in [5, 5.41) is 2.90. The van der Waals surface area contributed by atoms with Crippen molar-refractivity contribution in [3.8, 4) is 11.5 Å². The van der Waals surface area contributed by atoms with Crippen LogP contribution in [0.15, 0.2) is 72.8 Å². The molecule has 3 rings (SSSR count). The Morgan fingerprint density at radius 1 is 0.800 bits per heavy atom. The van der Waals surface area contributed by atoms with Gasteiger partial charge in [-0.2, -0.15) is 0 Å². The van der Waals surface area contributed by atoms with E-state index in [1.54, 1.807) is 61.7 Å². The van der Waals surface area contributed by atoms with Crippen LogP contribution < -0.4 is 14.8 Å². The van der Waals surface area contributed by atoms with Crippen molar-refractivity contribution in [1.82, 2.24) is 4.90 Å². The number of ether oxygens (including phenoxy) is 2. The van der Waals surface area contributed by atoms with Gasteiger partial charge in [-0.15, -0.1) is 0 Å². The van der Waals surface area contributed by atoms with Gasteiger partial charge in [0, 0.05) is 47.1 Å². The third kappa shape index (κ3) is 6.93. The van der Waals surface area contributed by atoms with Gasteiger partial charge in [-0.3, -0.25) is 14.5 Å². The van der Waals surface area contributed by atoms with Crippen LogP contribution in [0.5, 0.6) is 11.5 Å². The third-order valence-corrected chi connectivity index (χ3v) is 5.80. The zero-order chi connectivity index (χ0) is 25.4. The van der Waals surface area contributed by atoms with E-state index in [0.29, 0.717) is 52.6 Å². The summed E-state index contributed by atoms with van der Waals surface area (Å²) < 4.78 is 11.4. The lowest BCUT2D eigenvalue weighted by molar-refractivity contribution is 0.102. The highest BCUT2D eigenvalue weighted by atomic mass is 16.5. The third-order valence-electron chi connectivity index (χ3n) is 5.80. The lowest BCUT2D eigenvalue weighted by atomic mass is 10.0. The minimum atomic E-state index is -0.273. The van der Waals surface area contributed by atoms with E-state index in [4.69, 9.17) is 9.47 Å². The maximum absolute atomic E-state index is 12.8. The first-order valence-electron chi connectivity index (χ1n) is 11.9. The van der Waals surface area contributed by atoms with Gasteiger partial charge in [0.25, 0.3) is 5.91 Å². The molecule has 0 unspecified atom stereocenters. The second-order valence-corrected chi connectivity index (χ2v) is 8.87. The Morgan fingerprint density at radius 2 is 1.40 bits per heavy atom. The molecule has 0 saturated heterocycles. The summed E-state index contributed by atoms with van der Waals surface area (Å²) in [6.45, 7) is 9.95. The Balaban J connectivity index is 1.66. The Morgan fingerprint density at radius 3 is 2.00 bits per heavy atom. The maximum Gasteiger partial charge on any atom is 0.255 e. The van der Waals surface area contributed by atoms with E-state index < -0.39 is 0 Å². The number of carbonyl (C=O) groups is 2. The van der Waals surface area contributed by atoms with Gasteiger partial charge in [-0.1, -0.05) is 42.5 Å². The van der Waals surface area contributed by atoms with E-state index in [2.05, 4.69) is 37.9 Å². The van der Waals surface area contributed by atoms with Crippen molar-refractivity contribution < 1.29 is 19.1 Å². The second kappa shape index (κ2) is 12.2. The molecule has 0 bridgehead atoms. The standard InChI is InChI=1S/C29H34N2O4/c1-20(2)31(21(3)4)17-18-35-27-19-25(15-16-26(27)34-5)30-29(33)24-13-11-23(12-14-24)28(32)22-9-7-6-8-10-22/h6-16,19-21H,17-18H2,1-5H3,(H,30,33). The smallest absolute Gasteiger partial charge is 0.255 e. The monoisotopic (exact) mass is 474 g/mol. The van der Waals surface area contributed by atoms with Crippen LogP contribution in [0.25, 0.3) is 0 Å². The summed E-state index contributed by atoms with van der Waals surface area (Å²) in [6, 6.07) is 21.8. The van der Waals surface area contributed by atoms with Crippen LogP contribution in [0, 0.1) is 0 Å². The predicted molar refractivity (Wildman–Crippen MR) is 140 cm³/mol. The lowest BCUT2D eigenvalue weighted by Crippen LogP contribution is -2.39. The molecule has 35 heavy (non-hydrogen) atoms. The maximum atomic E-state index is 12.8. The molecule has 0 atom stereocenters. The van der Waals surface area contributed by atoms with E-state index in [-0.39, 0.29) is 11.7 Å². The number of ketones is 1. The number of benzene rings is 3. The van der Waals surface area contributed by atoms with Crippen molar-refractivity contribution in [2.75, 3.05) is 25.6 Å². The molecule has 0 heterocycles. The largest absolute Gasteiger partial charge is 0.493 e. The fraction of sp³-hybridized carbons (Fsp3) is 0.310. The van der Waals surface area contributed by atoms with Crippen LogP contribution in [0.3, 0.4) is 0 Å². The summed E-state index contributed by atoms with van der Waals surface area (Å²) in [5.74, 6) is 0.822. The molecule has 0 radical (unpaired) electrons. The van der Waals surface area contributed by atoms with Gasteiger partial charge >= 0.3 is 0 Å². The summed E-state index contributed by atoms with van der Waals surface area (Å²) in [6.07, 6.45) is 0. The Labute approximate surface area is 207 Å². The van der Waals surface area contributed by atoms with Gasteiger partial charge in [0.05, 0.1) is 7.11 Å². The Bertz CT molecular complexity index is 1120. The first-order chi connectivity index (χ1) is 16.8. The van der Waals surface area contributed by atoms with E-state index in [1.807, 2.05) is 18.2 Å². The molecule has 0 saturated carbocycles. The number of nitrogens with zero attached hydrogens (tertiary/aromatic N) is 1. The molecule has 0 aliphatic heterocycles. The highest BCUT2D eigenvalue weighted by Gasteiger charge is 2.15. The lowest BCUT2D eigenvalue weighted by Gasteiger charge is -2.30. The zero-order valence-electron chi connectivity index (χ0n) is 21.1. The Hall–Kier alpha value is -3.64. The van der Waals surface area contributed by atoms with Gasteiger partial charge in [0.2, 0.25) is 0 Å². The molecule has 3 aromatic rings. The molecule has 1 amide bonds. The quantitative estimate of drug-likeness (QED) is 0.362. The first kappa shape index (κ1) is 26.0. The van der Waals surface area contributed by atoms with Crippen LogP contribution in [-0.4, -0.2) is 48.9 Å². The number of nitrogens with one attached hydrogen (secondary N) is 1. The SMILES string of the molecule is COc1ccc(NC(=O)c2ccc(C(=O)c3ccccc3)cc2)cc1OCCN(C(C)C)C(C)C. The molecule has 6 heteroatoms. The molecule has 184 valence electrons. The van der Waals surface area contributed by atoms with Crippen molar-refractivity contribution in [3.05, 3.63) is 89.5 Å². The zero-order valence-corrected chi connectivity index (χ0v) is 21.1. The van der Waals surface area contributed by atoms with Crippen LogP contribution in [-0.2, 0) is 0 Å². The summed E-state index contributed by atoms with van der Waals surface area (Å²) in [5.41, 5.74) is 2.20. The summed E-state index contributed by atoms with van der Waals surface area (Å²) in [7, 11) is 1.59. The topological polar surface area (TPSA) is 67.9 Å². The van der Waals surface area contributed by atoms with Crippen molar-refractivity contribution in [2.24, 2.45) is 0 Å². The summed E-state index contributed by atoms with van der Waals surface area (Å²) >= 11 is 0. The highest BCUT2D eigenvalue weighted by molar-refractivity contribution is 6.10. The van der Waals surface area contributed by atoms with Gasteiger partial charge in [-0.05, 0) is 52.0 Å². The average molecular weight is 475 g/mol. The Kier molecular flexibility index (Phi) is 9.04. The van der Waals surface area contributed by atoms with Crippen LogP contribution in [0.1, 0.15) is 54.0 Å². The number of hydrogen-bond donors (Lipinski definition) is 1. The molecular weight excluding hydrogens is 440 g/mol. The van der Waals surface area contributed by atoms with Crippen molar-refractivity contribution in [1.29, 1.82) is 0 Å². The number of anilines is 1. The van der Waals surface area contributed by atoms with Crippen molar-refractivity contribution in [3.63, 3.8) is 0 Å². The fourth-order valence-corrected chi connectivity index (χ4v) is 3.97. The number of amides is 1. The van der Waals surface area contributed by atoms with Gasteiger partial charge < -0.3 is 14.8 Å². The first-order valence-corrected chi connectivity index (χ1v) is 11.9. The predicted octanol–water partition coefficient (Wildman–Crippen LogP) is 5.68. The highest BCUT2D eigenvalue weighted by Crippen LogP contribution is 2.30. The number of rotatable bonds is 11. The van der Waals surface area contributed by atoms with Gasteiger partial charge in [0.15, 0.2) is 17.3 Å². The van der Waals surface area contributed by atoms with Gasteiger partial charge in [-0.25, -0.2) is 0 Å². The van der Waals surface area contributed by atoms with E-state index >= 15 is 0 Å². The minimum Gasteiger partial charge on any atom is -0.493 e. The molecular formula is C29H34N2O4. The number of hydrogen-bond acceptors (Lipinski definition) is 5. The molecule has 0 aliphatic carbocycles. The van der Waals surface area contributed by atoms with Crippen LogP contribution in [0.4, 0.5) is 5.69 Å². The van der Waals surface area contributed by atoms with E-state index in [1.165, 1.54) is 0 Å². The molecule has 0 fully saturated rings. The van der Waals surface area contributed by atoms with Crippen molar-refractivity contribution >= 4 is 17.4 Å². The molecule has 0 spiro atoms. The molecule has 0 aliphatic rings. The fourth-order valence-electron chi connectivity index (χ4n) is 3.97. The summed E-state index contributed by atoms with van der Waals surface area (Å²) in [4.78, 5) is 27.8. The second-order valence-electron chi connectivity index (χ2n) is 8.87. The minimum absolute atomic E-state index is 0.0806. The molecule has 0 aromatic heterocycles. The molecule has 3 aromatic carbocycles. The van der Waals surface area contributed by atoms with Gasteiger partial charge in [0.1, 0.15) is 6.61 Å².